The maximum Gasteiger partial charge on any atom is 0.346 e. The molecular weight excluding hydrogens is 382 g/mol. The third-order valence-corrected chi connectivity index (χ3v) is 4.87. The van der Waals surface area contributed by atoms with Gasteiger partial charge in [0, 0.05) is 37.5 Å². The Labute approximate surface area is 165 Å². The fourth-order valence-electron chi connectivity index (χ4n) is 2.58. The summed E-state index contributed by atoms with van der Waals surface area (Å²) < 4.78 is 13.2. The maximum atomic E-state index is 12.3. The molecule has 10 heteroatoms. The van der Waals surface area contributed by atoms with Gasteiger partial charge in [-0.3, -0.25) is 4.57 Å². The fourth-order valence-corrected chi connectivity index (χ4v) is 3.33. The second kappa shape index (κ2) is 8.61. The number of anilines is 1. The van der Waals surface area contributed by atoms with Crippen LogP contribution in [0.1, 0.15) is 0 Å². The highest BCUT2D eigenvalue weighted by atomic mass is 32.1. The quantitative estimate of drug-likeness (QED) is 0.630. The van der Waals surface area contributed by atoms with Crippen LogP contribution in [0.15, 0.2) is 40.5 Å². The van der Waals surface area contributed by atoms with Gasteiger partial charge in [0.25, 0.3) is 0 Å². The van der Waals surface area contributed by atoms with E-state index in [1.165, 1.54) is 34.8 Å². The molecule has 0 bridgehead atoms. The molecule has 3 aromatic rings. The first-order valence-corrected chi connectivity index (χ1v) is 9.35. The van der Waals surface area contributed by atoms with Gasteiger partial charge in [-0.1, -0.05) is 6.07 Å². The zero-order valence-corrected chi connectivity index (χ0v) is 16.6. The van der Waals surface area contributed by atoms with Crippen LogP contribution in [0.2, 0.25) is 0 Å². The minimum absolute atomic E-state index is 0.233. The van der Waals surface area contributed by atoms with Gasteiger partial charge in [-0.15, -0.1) is 16.4 Å². The molecule has 3 rings (SSSR count). The van der Waals surface area contributed by atoms with Gasteiger partial charge in [-0.2, -0.15) is 0 Å². The molecule has 9 nitrogen and oxygen atoms in total. The average molecular weight is 403 g/mol. The minimum Gasteiger partial charge on any atom is -0.497 e. The Morgan fingerprint density at radius 3 is 2.54 bits per heavy atom. The molecule has 0 aliphatic heterocycles. The van der Waals surface area contributed by atoms with Crippen LogP contribution < -0.4 is 25.8 Å². The van der Waals surface area contributed by atoms with Crippen molar-refractivity contribution < 1.29 is 14.3 Å². The number of amides is 2. The van der Waals surface area contributed by atoms with E-state index in [4.69, 9.17) is 9.47 Å². The van der Waals surface area contributed by atoms with Crippen LogP contribution in [0.4, 0.5) is 10.5 Å². The summed E-state index contributed by atoms with van der Waals surface area (Å²) in [5, 5.41) is 11.7. The predicted octanol–water partition coefficient (Wildman–Crippen LogP) is 2.15. The number of hydrogen-bond donors (Lipinski definition) is 2. The molecule has 0 aliphatic rings. The van der Waals surface area contributed by atoms with Gasteiger partial charge in [0.05, 0.1) is 25.6 Å². The fraction of sp³-hybridized carbons (Fsp3) is 0.278. The SMILES string of the molecule is COc1cc(NC(=O)NCCn2nc(-c3cccs3)n(C)c2=O)cc(OC)c1. The highest BCUT2D eigenvalue weighted by molar-refractivity contribution is 7.13. The zero-order chi connectivity index (χ0) is 20.1. The number of methoxy groups -OCH3 is 2. The lowest BCUT2D eigenvalue weighted by atomic mass is 10.3. The number of nitrogens with one attached hydrogen (secondary N) is 2. The lowest BCUT2D eigenvalue weighted by Crippen LogP contribution is -2.34. The molecule has 148 valence electrons. The summed E-state index contributed by atoms with van der Waals surface area (Å²) in [6, 6.07) is 8.48. The molecule has 1 aromatic carbocycles. The summed E-state index contributed by atoms with van der Waals surface area (Å²) >= 11 is 1.51. The lowest BCUT2D eigenvalue weighted by Gasteiger charge is -2.10. The van der Waals surface area contributed by atoms with Crippen molar-refractivity contribution in [2.45, 2.75) is 6.54 Å². The van der Waals surface area contributed by atoms with Crippen molar-refractivity contribution in [1.82, 2.24) is 19.7 Å². The van der Waals surface area contributed by atoms with Crippen LogP contribution in [0.5, 0.6) is 11.5 Å². The second-order valence-electron chi connectivity index (χ2n) is 5.85. The second-order valence-corrected chi connectivity index (χ2v) is 6.80. The normalized spacial score (nSPS) is 10.5. The maximum absolute atomic E-state index is 12.3. The predicted molar refractivity (Wildman–Crippen MR) is 107 cm³/mol. The average Bonchev–Trinajstić information content (AvgIpc) is 3.31. The van der Waals surface area contributed by atoms with Crippen molar-refractivity contribution in [3.8, 4) is 22.2 Å². The Hall–Kier alpha value is -3.27. The van der Waals surface area contributed by atoms with Gasteiger partial charge in [0.15, 0.2) is 5.82 Å². The number of thiophene rings is 1. The zero-order valence-electron chi connectivity index (χ0n) is 15.8. The van der Waals surface area contributed by atoms with E-state index in [2.05, 4.69) is 15.7 Å². The third-order valence-electron chi connectivity index (χ3n) is 4.00. The van der Waals surface area contributed by atoms with E-state index in [-0.39, 0.29) is 18.8 Å². The molecule has 0 atom stereocenters. The number of carbonyl (C=O) groups is 1. The summed E-state index contributed by atoms with van der Waals surface area (Å²) in [6.07, 6.45) is 0. The first kappa shape index (κ1) is 19.5. The van der Waals surface area contributed by atoms with Crippen molar-refractivity contribution in [3.05, 3.63) is 46.2 Å². The Morgan fingerprint density at radius 2 is 1.93 bits per heavy atom. The number of ether oxygens (including phenoxy) is 2. The van der Waals surface area contributed by atoms with Gasteiger partial charge in [-0.05, 0) is 11.4 Å². The lowest BCUT2D eigenvalue weighted by molar-refractivity contribution is 0.251. The number of carbonyl (C=O) groups excluding carboxylic acids is 1. The van der Waals surface area contributed by atoms with Crippen molar-refractivity contribution in [1.29, 1.82) is 0 Å². The molecule has 28 heavy (non-hydrogen) atoms. The van der Waals surface area contributed by atoms with Crippen LogP contribution in [0.25, 0.3) is 10.7 Å². The molecule has 0 aliphatic carbocycles. The van der Waals surface area contributed by atoms with Crippen LogP contribution in [-0.4, -0.2) is 41.1 Å². The van der Waals surface area contributed by atoms with Gasteiger partial charge < -0.3 is 20.1 Å². The Kier molecular flexibility index (Phi) is 5.99. The monoisotopic (exact) mass is 403 g/mol. The number of urea groups is 1. The topological polar surface area (TPSA) is 99.4 Å². The summed E-state index contributed by atoms with van der Waals surface area (Å²) in [5.41, 5.74) is 0.298. The number of benzene rings is 1. The molecule has 0 unspecified atom stereocenters. The summed E-state index contributed by atoms with van der Waals surface area (Å²) in [6.45, 7) is 0.501. The van der Waals surface area contributed by atoms with E-state index in [9.17, 15) is 9.59 Å². The van der Waals surface area contributed by atoms with Crippen LogP contribution in [-0.2, 0) is 13.6 Å². The summed E-state index contributed by atoms with van der Waals surface area (Å²) in [5.74, 6) is 1.74. The molecule has 0 saturated carbocycles. The van der Waals surface area contributed by atoms with Crippen molar-refractivity contribution in [3.63, 3.8) is 0 Å². The number of nitrogens with zero attached hydrogens (tertiary/aromatic N) is 3. The van der Waals surface area contributed by atoms with Gasteiger partial charge in [0.2, 0.25) is 0 Å². The van der Waals surface area contributed by atoms with E-state index >= 15 is 0 Å². The molecule has 0 fully saturated rings. The molecule has 2 N–H and O–H groups in total. The molecular formula is C18H21N5O4S. The standard InChI is InChI=1S/C18H21N5O4S/c1-22-16(15-5-4-8-28-15)21-23(18(22)25)7-6-19-17(24)20-12-9-13(26-2)11-14(10-12)27-3/h4-5,8-11H,6-7H2,1-3H3,(H2,19,20,24). The van der Waals surface area contributed by atoms with Gasteiger partial charge in [-0.25, -0.2) is 14.3 Å². The molecule has 2 amide bonds. The smallest absolute Gasteiger partial charge is 0.346 e. The van der Waals surface area contributed by atoms with E-state index in [0.717, 1.165) is 4.88 Å². The number of rotatable bonds is 7. The Balaban J connectivity index is 1.59. The highest BCUT2D eigenvalue weighted by Gasteiger charge is 2.13. The van der Waals surface area contributed by atoms with Crippen LogP contribution >= 0.6 is 11.3 Å². The minimum atomic E-state index is -0.405. The molecule has 2 heterocycles. The molecule has 0 spiro atoms. The van der Waals surface area contributed by atoms with Crippen LogP contribution in [0, 0.1) is 0 Å². The number of aromatic nitrogens is 3. The Morgan fingerprint density at radius 1 is 1.21 bits per heavy atom. The highest BCUT2D eigenvalue weighted by Crippen LogP contribution is 2.25. The largest absolute Gasteiger partial charge is 0.497 e. The van der Waals surface area contributed by atoms with Crippen LogP contribution in [0.3, 0.4) is 0 Å². The third kappa shape index (κ3) is 4.34. The first-order chi connectivity index (χ1) is 13.5. The first-order valence-electron chi connectivity index (χ1n) is 8.47. The Bertz CT molecular complexity index is 987. The van der Waals surface area contributed by atoms with Gasteiger partial charge >= 0.3 is 11.7 Å². The van der Waals surface area contributed by atoms with E-state index in [1.54, 1.807) is 25.2 Å². The molecule has 0 radical (unpaired) electrons. The summed E-state index contributed by atoms with van der Waals surface area (Å²) in [4.78, 5) is 25.3. The number of hydrogen-bond acceptors (Lipinski definition) is 6. The van der Waals surface area contributed by atoms with Crippen molar-refractivity contribution >= 4 is 23.1 Å². The summed E-state index contributed by atoms with van der Waals surface area (Å²) in [7, 11) is 4.75. The molecule has 2 aromatic heterocycles. The van der Waals surface area contributed by atoms with Crippen molar-refractivity contribution in [2.24, 2.45) is 7.05 Å². The van der Waals surface area contributed by atoms with E-state index in [0.29, 0.717) is 23.0 Å². The van der Waals surface area contributed by atoms with E-state index in [1.807, 2.05) is 17.5 Å². The van der Waals surface area contributed by atoms with Gasteiger partial charge in [0.1, 0.15) is 11.5 Å². The van der Waals surface area contributed by atoms with E-state index < -0.39 is 6.03 Å². The molecule has 0 saturated heterocycles. The van der Waals surface area contributed by atoms with Crippen molar-refractivity contribution in [2.75, 3.05) is 26.1 Å².